The number of nitrogens with zero attached hydrogens (tertiary/aromatic N) is 1. The minimum absolute atomic E-state index is 0.0379. The fraction of sp³-hybridized carbons (Fsp3) is 0.562. The average Bonchev–Trinajstić information content (AvgIpc) is 2.53. The molecule has 0 aromatic heterocycles. The van der Waals surface area contributed by atoms with E-state index in [0.717, 1.165) is 42.9 Å². The Morgan fingerprint density at radius 2 is 2.29 bits per heavy atom. The Morgan fingerprint density at radius 1 is 1.52 bits per heavy atom. The van der Waals surface area contributed by atoms with Crippen molar-refractivity contribution in [2.75, 3.05) is 32.1 Å². The lowest BCUT2D eigenvalue weighted by atomic mass is 9.95. The minimum atomic E-state index is -0.114. The van der Waals surface area contributed by atoms with Crippen LogP contribution in [-0.4, -0.2) is 33.2 Å². The van der Waals surface area contributed by atoms with Crippen molar-refractivity contribution in [2.45, 2.75) is 25.8 Å². The SMILES string of the molecule is CNC(=O)C1CCCN(c2cccc(OC)c2[C@H](C)N)C1. The van der Waals surface area contributed by atoms with E-state index in [9.17, 15) is 4.79 Å². The number of nitrogens with one attached hydrogen (secondary N) is 1. The highest BCUT2D eigenvalue weighted by atomic mass is 16.5. The summed E-state index contributed by atoms with van der Waals surface area (Å²) in [6, 6.07) is 5.86. The second kappa shape index (κ2) is 6.80. The molecule has 1 aromatic carbocycles. The Bertz CT molecular complexity index is 502. The third-order valence-electron chi connectivity index (χ3n) is 4.10. The number of benzene rings is 1. The number of anilines is 1. The Balaban J connectivity index is 2.30. The highest BCUT2D eigenvalue weighted by Crippen LogP contribution is 2.35. The minimum Gasteiger partial charge on any atom is -0.496 e. The van der Waals surface area contributed by atoms with E-state index in [4.69, 9.17) is 10.5 Å². The fourth-order valence-corrected chi connectivity index (χ4v) is 3.06. The Kier molecular flexibility index (Phi) is 5.07. The van der Waals surface area contributed by atoms with Gasteiger partial charge < -0.3 is 20.7 Å². The van der Waals surface area contributed by atoms with Crippen LogP contribution in [0.1, 0.15) is 31.4 Å². The maximum atomic E-state index is 11.9. The van der Waals surface area contributed by atoms with Gasteiger partial charge in [-0.15, -0.1) is 0 Å². The van der Waals surface area contributed by atoms with Crippen molar-refractivity contribution >= 4 is 11.6 Å². The van der Waals surface area contributed by atoms with Gasteiger partial charge in [0.15, 0.2) is 0 Å². The number of carbonyl (C=O) groups is 1. The standard InChI is InChI=1S/C16H25N3O2/c1-11(17)15-13(7-4-8-14(15)21-3)19-9-5-6-12(10-19)16(20)18-2/h4,7-8,11-12H,5-6,9-10,17H2,1-3H3,(H,18,20)/t11-,12?/m0/s1. The zero-order valence-electron chi connectivity index (χ0n) is 13.1. The summed E-state index contributed by atoms with van der Waals surface area (Å²) in [5, 5.41) is 2.75. The van der Waals surface area contributed by atoms with E-state index in [1.54, 1.807) is 14.2 Å². The maximum Gasteiger partial charge on any atom is 0.224 e. The predicted molar refractivity (Wildman–Crippen MR) is 84.6 cm³/mol. The molecule has 3 N–H and O–H groups in total. The number of rotatable bonds is 4. The molecule has 0 spiro atoms. The Morgan fingerprint density at radius 3 is 2.90 bits per heavy atom. The molecule has 5 heteroatoms. The van der Waals surface area contributed by atoms with Crippen molar-refractivity contribution < 1.29 is 9.53 Å². The molecule has 1 saturated heterocycles. The average molecular weight is 291 g/mol. The first-order valence-corrected chi connectivity index (χ1v) is 7.47. The summed E-state index contributed by atoms with van der Waals surface area (Å²) < 4.78 is 5.45. The summed E-state index contributed by atoms with van der Waals surface area (Å²) in [6.07, 6.45) is 1.95. The molecule has 1 aliphatic rings. The molecule has 21 heavy (non-hydrogen) atoms. The fourth-order valence-electron chi connectivity index (χ4n) is 3.06. The predicted octanol–water partition coefficient (Wildman–Crippen LogP) is 1.68. The number of nitrogens with two attached hydrogens (primary N) is 1. The van der Waals surface area contributed by atoms with Gasteiger partial charge in [-0.2, -0.15) is 0 Å². The molecule has 5 nitrogen and oxygen atoms in total. The van der Waals surface area contributed by atoms with Gasteiger partial charge in [0.25, 0.3) is 0 Å². The van der Waals surface area contributed by atoms with Gasteiger partial charge in [0.05, 0.1) is 13.0 Å². The Labute approximate surface area is 126 Å². The van der Waals surface area contributed by atoms with Gasteiger partial charge in [-0.1, -0.05) is 6.07 Å². The lowest BCUT2D eigenvalue weighted by molar-refractivity contribution is -0.124. The van der Waals surface area contributed by atoms with Gasteiger partial charge in [0, 0.05) is 37.4 Å². The van der Waals surface area contributed by atoms with Crippen LogP contribution in [0, 0.1) is 5.92 Å². The number of methoxy groups -OCH3 is 1. The second-order valence-electron chi connectivity index (χ2n) is 5.58. The van der Waals surface area contributed by atoms with Crippen LogP contribution >= 0.6 is 0 Å². The highest BCUT2D eigenvalue weighted by Gasteiger charge is 2.27. The third-order valence-corrected chi connectivity index (χ3v) is 4.10. The summed E-state index contributed by atoms with van der Waals surface area (Å²) in [7, 11) is 3.36. The van der Waals surface area contributed by atoms with Gasteiger partial charge >= 0.3 is 0 Å². The molecule has 0 aliphatic carbocycles. The number of hydrogen-bond donors (Lipinski definition) is 2. The number of hydrogen-bond acceptors (Lipinski definition) is 4. The first kappa shape index (κ1) is 15.6. The lowest BCUT2D eigenvalue weighted by Crippen LogP contribution is -2.42. The van der Waals surface area contributed by atoms with Crippen molar-refractivity contribution in [2.24, 2.45) is 11.7 Å². The van der Waals surface area contributed by atoms with Gasteiger partial charge in [-0.3, -0.25) is 4.79 Å². The van der Waals surface area contributed by atoms with Crippen LogP contribution in [0.3, 0.4) is 0 Å². The van der Waals surface area contributed by atoms with Crippen molar-refractivity contribution in [3.63, 3.8) is 0 Å². The molecule has 1 fully saturated rings. The summed E-state index contributed by atoms with van der Waals surface area (Å²) in [6.45, 7) is 3.63. The molecular formula is C16H25N3O2. The molecule has 1 aromatic rings. The van der Waals surface area contributed by atoms with Crippen molar-refractivity contribution in [1.29, 1.82) is 0 Å². The molecule has 1 heterocycles. The van der Waals surface area contributed by atoms with Crippen LogP contribution in [0.15, 0.2) is 18.2 Å². The van der Waals surface area contributed by atoms with Gasteiger partial charge in [-0.05, 0) is 31.9 Å². The van der Waals surface area contributed by atoms with E-state index in [2.05, 4.69) is 16.3 Å². The molecule has 0 bridgehead atoms. The van der Waals surface area contributed by atoms with Crippen LogP contribution in [0.5, 0.6) is 5.75 Å². The molecule has 1 unspecified atom stereocenters. The third kappa shape index (κ3) is 3.29. The summed E-state index contributed by atoms with van der Waals surface area (Å²) in [5.74, 6) is 0.963. The quantitative estimate of drug-likeness (QED) is 0.885. The van der Waals surface area contributed by atoms with Crippen molar-refractivity contribution in [3.8, 4) is 5.75 Å². The smallest absolute Gasteiger partial charge is 0.224 e. The topological polar surface area (TPSA) is 67.6 Å². The number of ether oxygens (including phenoxy) is 1. The van der Waals surface area contributed by atoms with E-state index in [0.29, 0.717) is 0 Å². The molecule has 0 radical (unpaired) electrons. The molecule has 116 valence electrons. The normalized spacial score (nSPS) is 20.0. The molecule has 2 rings (SSSR count). The lowest BCUT2D eigenvalue weighted by Gasteiger charge is -2.35. The summed E-state index contributed by atoms with van der Waals surface area (Å²) in [5.41, 5.74) is 8.23. The van der Waals surface area contributed by atoms with E-state index in [-0.39, 0.29) is 17.9 Å². The number of piperidine rings is 1. The van der Waals surface area contributed by atoms with E-state index < -0.39 is 0 Å². The van der Waals surface area contributed by atoms with Gasteiger partial charge in [-0.25, -0.2) is 0 Å². The first-order chi connectivity index (χ1) is 10.1. The van der Waals surface area contributed by atoms with Crippen LogP contribution in [0.25, 0.3) is 0 Å². The monoisotopic (exact) mass is 291 g/mol. The van der Waals surface area contributed by atoms with E-state index >= 15 is 0 Å². The molecule has 2 atom stereocenters. The highest BCUT2D eigenvalue weighted by molar-refractivity contribution is 5.79. The summed E-state index contributed by atoms with van der Waals surface area (Å²) >= 11 is 0. The van der Waals surface area contributed by atoms with E-state index in [1.807, 2.05) is 19.1 Å². The zero-order chi connectivity index (χ0) is 15.4. The van der Waals surface area contributed by atoms with Crippen LogP contribution < -0.4 is 20.7 Å². The van der Waals surface area contributed by atoms with Crippen molar-refractivity contribution in [1.82, 2.24) is 5.32 Å². The summed E-state index contributed by atoms with van der Waals surface area (Å²) in [4.78, 5) is 14.2. The molecular weight excluding hydrogens is 266 g/mol. The first-order valence-electron chi connectivity index (χ1n) is 7.47. The zero-order valence-corrected chi connectivity index (χ0v) is 13.1. The molecule has 1 aliphatic heterocycles. The van der Waals surface area contributed by atoms with E-state index in [1.165, 1.54) is 0 Å². The van der Waals surface area contributed by atoms with Crippen LogP contribution in [0.4, 0.5) is 5.69 Å². The van der Waals surface area contributed by atoms with Crippen LogP contribution in [0.2, 0.25) is 0 Å². The van der Waals surface area contributed by atoms with Gasteiger partial charge in [0.2, 0.25) is 5.91 Å². The molecule has 1 amide bonds. The van der Waals surface area contributed by atoms with Crippen LogP contribution in [-0.2, 0) is 4.79 Å². The largest absolute Gasteiger partial charge is 0.496 e. The number of amides is 1. The second-order valence-corrected chi connectivity index (χ2v) is 5.58. The maximum absolute atomic E-state index is 11.9. The number of carbonyl (C=O) groups excluding carboxylic acids is 1. The molecule has 0 saturated carbocycles. The van der Waals surface area contributed by atoms with Crippen molar-refractivity contribution in [3.05, 3.63) is 23.8 Å². The Hall–Kier alpha value is -1.75. The van der Waals surface area contributed by atoms with Gasteiger partial charge in [0.1, 0.15) is 5.75 Å².